The minimum Gasteiger partial charge on any atom is -0.444 e. The van der Waals surface area contributed by atoms with Crippen molar-refractivity contribution in [1.82, 2.24) is 93.1 Å². The predicted molar refractivity (Wildman–Crippen MR) is 480 cm³/mol. The van der Waals surface area contributed by atoms with Gasteiger partial charge in [0.05, 0.1) is 120 Å². The number of hydrogen-bond acceptors (Lipinski definition) is 20. The van der Waals surface area contributed by atoms with E-state index in [1.807, 2.05) is 204 Å². The zero-order chi connectivity index (χ0) is 89.1. The molecule has 5 amide bonds. The van der Waals surface area contributed by atoms with Crippen LogP contribution in [0.2, 0.25) is 15.1 Å². The monoisotopic (exact) mass is 1790 g/mol. The van der Waals surface area contributed by atoms with Crippen LogP contribution in [0.25, 0.3) is 34.9 Å². The number of rotatable bonds is 15. The summed E-state index contributed by atoms with van der Waals surface area (Å²) in [5, 5.41) is 7.68. The highest BCUT2D eigenvalue weighted by molar-refractivity contribution is 7.89. The van der Waals surface area contributed by atoms with Crippen molar-refractivity contribution in [1.29, 1.82) is 0 Å². The Morgan fingerprint density at radius 3 is 0.976 bits per heavy atom. The first-order chi connectivity index (χ1) is 58.7. The Kier molecular flexibility index (Phi) is 27.8. The number of carbonyl (C=O) groups is 4. The first kappa shape index (κ1) is 91.3. The van der Waals surface area contributed by atoms with Crippen molar-refractivity contribution in [3.8, 4) is 0 Å². The fourth-order valence-electron chi connectivity index (χ4n) is 16.4. The molecule has 0 saturated carbocycles. The molecular formula is C89H108Cl3N19O11S2. The van der Waals surface area contributed by atoms with Crippen LogP contribution in [-0.4, -0.2) is 229 Å². The largest absolute Gasteiger partial charge is 0.444 e. The summed E-state index contributed by atoms with van der Waals surface area (Å²) in [7, 11) is -1.67. The normalized spacial score (nSPS) is 18.4. The number of imidazole rings is 3. The minimum absolute atomic E-state index is 0.195. The van der Waals surface area contributed by atoms with E-state index in [9.17, 15) is 36.0 Å². The number of fused-ring (bicyclic) bond motifs is 6. The van der Waals surface area contributed by atoms with E-state index in [-0.39, 0.29) is 42.4 Å². The second-order valence-electron chi connectivity index (χ2n) is 34.5. The molecule has 3 aromatic carbocycles. The van der Waals surface area contributed by atoms with Crippen LogP contribution in [0.4, 0.5) is 19.2 Å². The van der Waals surface area contributed by atoms with Gasteiger partial charge in [0, 0.05) is 140 Å². The lowest BCUT2D eigenvalue weighted by molar-refractivity contribution is 0.0109. The Morgan fingerprint density at radius 2 is 0.718 bits per heavy atom. The highest BCUT2D eigenvalue weighted by Crippen LogP contribution is 2.49. The molecule has 0 bridgehead atoms. The topological polar surface area (TPSA) is 324 Å². The lowest BCUT2D eigenvalue weighted by atomic mass is 9.90. The van der Waals surface area contributed by atoms with Gasteiger partial charge in [-0.05, 0) is 209 Å². The number of urea groups is 1. The number of benzene rings is 3. The van der Waals surface area contributed by atoms with Crippen molar-refractivity contribution in [2.75, 3.05) is 97.6 Å². The summed E-state index contributed by atoms with van der Waals surface area (Å²) in [6.07, 6.45) is 22.9. The lowest BCUT2D eigenvalue weighted by Gasteiger charge is -2.40. The Balaban J connectivity index is 0.000000160. The summed E-state index contributed by atoms with van der Waals surface area (Å²) in [6.45, 7) is 25.9. The van der Waals surface area contributed by atoms with E-state index in [0.717, 1.165) is 102 Å². The standard InChI is InChI=1S/C31H38ClN7O3.2C29H35ClN6O4S/c1-6-34-29(40)36-27(25-18-33-19-37(25)5)24-16-20-8-7-11-35-26(20)28(22-10-9-21(32)17-23(22)24)38-12-14-39(15-13-38)30(41)42-31(2,3)4;2*1-29(2,3)40-28(37)36-13-11-35(12-14-36)27-21-9-8-20(30)16-22(21)23(15-19-7-6-10-32-25(19)27)26(33-41(5,38)39)24-17-31-18-34(24)4/h7-11,16-19,27-28H,6,12-15H2,1-5H3,(H2,34,36,40);2*6-10,15-18,26-27,33H,11-14H2,1-5H3/t27?,28-;2*26?,27-/m000/s1. The number of nitrogens with one attached hydrogen (secondary N) is 4. The Labute approximate surface area is 740 Å². The van der Waals surface area contributed by atoms with Gasteiger partial charge in [-0.15, -0.1) is 0 Å². The minimum atomic E-state index is -3.62. The second kappa shape index (κ2) is 37.8. The van der Waals surface area contributed by atoms with E-state index in [1.165, 1.54) is 0 Å². The van der Waals surface area contributed by atoms with E-state index in [4.69, 9.17) is 64.0 Å². The molecule has 0 spiro atoms. The van der Waals surface area contributed by atoms with E-state index in [1.54, 1.807) is 73.8 Å². The molecule has 9 aromatic rings. The average Bonchev–Trinajstić information content (AvgIpc) is 1.60. The third-order valence-corrected chi connectivity index (χ3v) is 23.9. The van der Waals surface area contributed by atoms with Crippen LogP contribution in [0.1, 0.15) is 190 Å². The molecule has 3 unspecified atom stereocenters. The van der Waals surface area contributed by atoms with E-state index < -0.39 is 55.0 Å². The summed E-state index contributed by atoms with van der Waals surface area (Å²) in [4.78, 5) is 90.8. The molecule has 3 aliphatic carbocycles. The van der Waals surface area contributed by atoms with Crippen molar-refractivity contribution in [2.45, 2.75) is 122 Å². The Bertz CT molecular complexity index is 5530. The molecule has 15 rings (SSSR count). The molecule has 3 aliphatic heterocycles. The fraction of sp³-hybridized carbons (Fsp3) is 0.416. The quantitative estimate of drug-likeness (QED) is 0.0693. The number of piperazine rings is 3. The molecule has 4 N–H and O–H groups in total. The summed E-state index contributed by atoms with van der Waals surface area (Å²) in [6, 6.07) is 26.1. The van der Waals surface area contributed by atoms with Gasteiger partial charge in [-0.1, -0.05) is 71.2 Å². The van der Waals surface area contributed by atoms with E-state index in [0.29, 0.717) is 112 Å². The smallest absolute Gasteiger partial charge is 0.410 e. The van der Waals surface area contributed by atoms with Crippen molar-refractivity contribution in [2.24, 2.45) is 21.1 Å². The zero-order valence-electron chi connectivity index (χ0n) is 72.4. The maximum Gasteiger partial charge on any atom is 0.410 e. The summed E-state index contributed by atoms with van der Waals surface area (Å²) >= 11 is 19.8. The van der Waals surface area contributed by atoms with Gasteiger partial charge in [-0.3, -0.25) is 29.7 Å². The Hall–Kier alpha value is -10.4. The molecule has 6 aliphatic rings. The number of hydrogen-bond donors (Lipinski definition) is 4. The molecule has 3 saturated heterocycles. The maximum absolute atomic E-state index is 12.9. The number of nitrogens with zero attached hydrogens (tertiary/aromatic N) is 15. The first-order valence-corrected chi connectivity index (χ1v) is 46.0. The lowest BCUT2D eigenvalue weighted by Crippen LogP contribution is -2.51. The Morgan fingerprint density at radius 1 is 0.435 bits per heavy atom. The molecule has 35 heteroatoms. The molecule has 6 atom stereocenters. The van der Waals surface area contributed by atoms with Gasteiger partial charge in [0.15, 0.2) is 0 Å². The van der Waals surface area contributed by atoms with Crippen molar-refractivity contribution in [3.05, 3.63) is 246 Å². The van der Waals surface area contributed by atoms with E-state index >= 15 is 0 Å². The fourth-order valence-corrected chi connectivity index (χ4v) is 18.3. The van der Waals surface area contributed by atoms with Gasteiger partial charge < -0.3 is 53.2 Å². The zero-order valence-corrected chi connectivity index (χ0v) is 76.3. The molecule has 6 aromatic heterocycles. The number of carbonyl (C=O) groups excluding carboxylic acids is 4. The molecule has 0 radical (unpaired) electrons. The van der Waals surface area contributed by atoms with Gasteiger partial charge in [0.2, 0.25) is 20.0 Å². The molecule has 658 valence electrons. The van der Waals surface area contributed by atoms with Crippen molar-refractivity contribution in [3.63, 3.8) is 0 Å². The SMILES string of the molecule is CCNC(=O)NC(C1=Cc2cccnc2[C@@H](N2CCN(C(=O)OC(C)(C)C)CC2)c2ccc(Cl)cc21)c1cncn1C.Cn1cncc1C(NS(C)(=O)=O)C1=Cc2cccnc2[C@@H](N2CCN(C(=O)OC(C)(C)C)CC2)c2ccc(Cl)cc21.Cn1cncc1C(NS(C)(=O)=O)C1=Cc2cccnc2[C@@H](N2CCN(C(=O)OC(C)(C)C)CC2)c2ccc(Cl)cc21. The van der Waals surface area contributed by atoms with Gasteiger partial charge in [0.25, 0.3) is 0 Å². The number of amides is 5. The molecule has 30 nitrogen and oxygen atoms in total. The van der Waals surface area contributed by atoms with Crippen LogP contribution in [0.3, 0.4) is 0 Å². The van der Waals surface area contributed by atoms with Crippen LogP contribution in [0.15, 0.2) is 147 Å². The summed E-state index contributed by atoms with van der Waals surface area (Å²) in [5.74, 6) is 0. The number of aromatic nitrogens is 9. The molecule has 124 heavy (non-hydrogen) atoms. The van der Waals surface area contributed by atoms with Crippen LogP contribution in [0.5, 0.6) is 0 Å². The number of halogens is 3. The highest BCUT2D eigenvalue weighted by atomic mass is 35.5. The third kappa shape index (κ3) is 21.9. The third-order valence-electron chi connectivity index (χ3n) is 21.8. The van der Waals surface area contributed by atoms with Crippen LogP contribution in [0, 0.1) is 0 Å². The molecular weight excluding hydrogens is 1680 g/mol. The first-order valence-electron chi connectivity index (χ1n) is 41.1. The summed E-state index contributed by atoms with van der Waals surface area (Å²) < 4.78 is 78.5. The molecule has 3 fully saturated rings. The number of ether oxygens (including phenoxy) is 3. The van der Waals surface area contributed by atoms with E-state index in [2.05, 4.69) is 55.8 Å². The van der Waals surface area contributed by atoms with Crippen molar-refractivity contribution >= 4 is 114 Å². The van der Waals surface area contributed by atoms with Crippen molar-refractivity contribution < 1.29 is 50.2 Å². The highest BCUT2D eigenvalue weighted by Gasteiger charge is 2.42. The van der Waals surface area contributed by atoms with Crippen LogP contribution in [-0.2, 0) is 55.4 Å². The number of sulfonamides is 2. The van der Waals surface area contributed by atoms with Gasteiger partial charge in [-0.2, -0.15) is 0 Å². The molecule has 9 heterocycles. The van der Waals surface area contributed by atoms with Crippen LogP contribution < -0.4 is 20.1 Å². The average molecular weight is 1790 g/mol. The van der Waals surface area contributed by atoms with Crippen LogP contribution >= 0.6 is 34.8 Å². The second-order valence-corrected chi connectivity index (χ2v) is 39.4. The maximum atomic E-state index is 12.9. The van der Waals surface area contributed by atoms with Gasteiger partial charge >= 0.3 is 24.3 Å². The van der Waals surface area contributed by atoms with Gasteiger partial charge in [-0.25, -0.2) is 60.4 Å². The number of pyridine rings is 3. The van der Waals surface area contributed by atoms with Gasteiger partial charge in [0.1, 0.15) is 16.8 Å². The number of aryl methyl sites for hydroxylation is 3. The predicted octanol–water partition coefficient (Wildman–Crippen LogP) is 13.5. The summed E-state index contributed by atoms with van der Waals surface area (Å²) in [5.41, 5.74) is 13.6.